The number of hydrogen-bond donors (Lipinski definition) is 3. The molecule has 1 aromatic rings. The highest BCUT2D eigenvalue weighted by Crippen LogP contribution is 2.27. The van der Waals surface area contributed by atoms with Crippen molar-refractivity contribution in [2.45, 2.75) is 27.2 Å². The van der Waals surface area contributed by atoms with E-state index in [1.165, 1.54) is 0 Å². The summed E-state index contributed by atoms with van der Waals surface area (Å²) in [4.78, 5) is 24.3. The topological polar surface area (TPSA) is 70.2 Å². The maximum absolute atomic E-state index is 12.4. The highest BCUT2D eigenvalue weighted by Gasteiger charge is 2.36. The fourth-order valence-electron chi connectivity index (χ4n) is 2.44. The molecular weight excluding hydrogens is 266 g/mol. The molecule has 2 rings (SSSR count). The van der Waals surface area contributed by atoms with Crippen molar-refractivity contribution in [3.63, 3.8) is 0 Å². The molecule has 1 saturated heterocycles. The Balaban J connectivity index is 2.17. The lowest BCUT2D eigenvalue weighted by molar-refractivity contribution is -0.123. The monoisotopic (exact) mass is 289 g/mol. The molecule has 5 heteroatoms. The van der Waals surface area contributed by atoms with E-state index in [9.17, 15) is 9.59 Å². The minimum absolute atomic E-state index is 0.00338. The number of hydrogen-bond acceptors (Lipinski definition) is 3. The smallest absolute Gasteiger partial charge is 0.251 e. The van der Waals surface area contributed by atoms with Gasteiger partial charge in [0.1, 0.15) is 0 Å². The Bertz CT molecular complexity index is 548. The number of nitrogens with one attached hydrogen (secondary N) is 3. The first-order chi connectivity index (χ1) is 9.96. The number of aryl methyl sites for hydroxylation is 1. The third kappa shape index (κ3) is 3.42. The zero-order valence-electron chi connectivity index (χ0n) is 12.9. The van der Waals surface area contributed by atoms with E-state index in [-0.39, 0.29) is 17.2 Å². The summed E-state index contributed by atoms with van der Waals surface area (Å²) >= 11 is 0. The first kappa shape index (κ1) is 15.5. The predicted octanol–water partition coefficient (Wildman–Crippen LogP) is 1.68. The summed E-state index contributed by atoms with van der Waals surface area (Å²) in [7, 11) is 0. The number of amides is 2. The van der Waals surface area contributed by atoms with Gasteiger partial charge in [-0.05, 0) is 51.4 Å². The van der Waals surface area contributed by atoms with Crippen LogP contribution in [0.2, 0.25) is 0 Å². The van der Waals surface area contributed by atoms with E-state index >= 15 is 0 Å². The first-order valence-electron chi connectivity index (χ1n) is 7.37. The van der Waals surface area contributed by atoms with Crippen LogP contribution in [-0.2, 0) is 4.79 Å². The molecule has 1 atom stereocenters. The molecule has 1 heterocycles. The minimum Gasteiger partial charge on any atom is -0.352 e. The second-order valence-electron chi connectivity index (χ2n) is 5.83. The second-order valence-corrected chi connectivity index (χ2v) is 5.83. The molecule has 2 amide bonds. The van der Waals surface area contributed by atoms with Crippen molar-refractivity contribution in [2.75, 3.05) is 25.0 Å². The largest absolute Gasteiger partial charge is 0.352 e. The van der Waals surface area contributed by atoms with Gasteiger partial charge in [-0.3, -0.25) is 9.59 Å². The van der Waals surface area contributed by atoms with E-state index in [1.54, 1.807) is 12.1 Å². The molecule has 0 bridgehead atoms. The summed E-state index contributed by atoms with van der Waals surface area (Å²) in [6.07, 6.45) is 0.827. The zero-order chi connectivity index (χ0) is 15.5. The third-order valence-corrected chi connectivity index (χ3v) is 4.00. The van der Waals surface area contributed by atoms with E-state index < -0.39 is 0 Å². The number of carbonyl (C=O) groups is 2. The van der Waals surface area contributed by atoms with Crippen molar-refractivity contribution in [1.29, 1.82) is 0 Å². The fourth-order valence-corrected chi connectivity index (χ4v) is 2.44. The van der Waals surface area contributed by atoms with Gasteiger partial charge in [-0.25, -0.2) is 0 Å². The Labute approximate surface area is 125 Å². The molecule has 0 aliphatic carbocycles. The average molecular weight is 289 g/mol. The minimum atomic E-state index is -0.381. The van der Waals surface area contributed by atoms with E-state index in [0.717, 1.165) is 18.5 Å². The van der Waals surface area contributed by atoms with Crippen LogP contribution in [0.5, 0.6) is 0 Å². The molecule has 1 aliphatic heterocycles. The Morgan fingerprint density at radius 2 is 2.14 bits per heavy atom. The van der Waals surface area contributed by atoms with Crippen molar-refractivity contribution in [1.82, 2.24) is 10.6 Å². The molecule has 1 unspecified atom stereocenters. The van der Waals surface area contributed by atoms with Crippen LogP contribution < -0.4 is 16.0 Å². The van der Waals surface area contributed by atoms with E-state index in [1.807, 2.05) is 26.8 Å². The molecule has 0 saturated carbocycles. The maximum atomic E-state index is 12.4. The summed E-state index contributed by atoms with van der Waals surface area (Å²) < 4.78 is 0. The van der Waals surface area contributed by atoms with Crippen LogP contribution in [0.1, 0.15) is 36.2 Å². The second kappa shape index (κ2) is 6.26. The summed E-state index contributed by atoms with van der Waals surface area (Å²) in [6, 6.07) is 5.37. The van der Waals surface area contributed by atoms with Crippen molar-refractivity contribution in [2.24, 2.45) is 5.41 Å². The molecule has 0 aromatic heterocycles. The predicted molar refractivity (Wildman–Crippen MR) is 83.4 cm³/mol. The molecule has 1 aliphatic rings. The van der Waals surface area contributed by atoms with Crippen LogP contribution >= 0.6 is 0 Å². The Kier molecular flexibility index (Phi) is 4.63. The normalized spacial score (nSPS) is 21.1. The molecule has 114 valence electrons. The van der Waals surface area contributed by atoms with Crippen LogP contribution in [0.15, 0.2) is 18.2 Å². The third-order valence-electron chi connectivity index (χ3n) is 4.00. The van der Waals surface area contributed by atoms with E-state index in [0.29, 0.717) is 24.3 Å². The lowest BCUT2D eigenvalue weighted by Crippen LogP contribution is -2.35. The van der Waals surface area contributed by atoms with Gasteiger partial charge in [0.2, 0.25) is 5.91 Å². The number of anilines is 1. The van der Waals surface area contributed by atoms with Gasteiger partial charge in [-0.1, -0.05) is 6.07 Å². The van der Waals surface area contributed by atoms with Crippen molar-refractivity contribution < 1.29 is 9.59 Å². The van der Waals surface area contributed by atoms with Gasteiger partial charge in [0.05, 0.1) is 5.41 Å². The summed E-state index contributed by atoms with van der Waals surface area (Å²) in [6.45, 7) is 7.90. The summed E-state index contributed by atoms with van der Waals surface area (Å²) in [5.74, 6) is -0.120. The molecule has 1 fully saturated rings. The van der Waals surface area contributed by atoms with E-state index in [2.05, 4.69) is 16.0 Å². The average Bonchev–Trinajstić information content (AvgIpc) is 2.89. The molecule has 0 spiro atoms. The Hall–Kier alpha value is -1.88. The maximum Gasteiger partial charge on any atom is 0.251 e. The first-order valence-corrected chi connectivity index (χ1v) is 7.37. The number of carbonyl (C=O) groups excluding carboxylic acids is 2. The van der Waals surface area contributed by atoms with Gasteiger partial charge >= 0.3 is 0 Å². The zero-order valence-corrected chi connectivity index (χ0v) is 12.9. The molecular formula is C16H23N3O2. The summed E-state index contributed by atoms with van der Waals surface area (Å²) in [5.41, 5.74) is 1.84. The standard InChI is InChI=1S/C16H23N3O2/c1-4-18-14(20)12-6-5-11(2)13(9-12)19-15(21)16(3)7-8-17-10-16/h5-6,9,17H,4,7-8,10H2,1-3H3,(H,18,20)(H,19,21). The van der Waals surface area contributed by atoms with E-state index in [4.69, 9.17) is 0 Å². The molecule has 0 radical (unpaired) electrons. The van der Waals surface area contributed by atoms with Gasteiger partial charge in [0.25, 0.3) is 5.91 Å². The van der Waals surface area contributed by atoms with Crippen LogP contribution in [-0.4, -0.2) is 31.4 Å². The van der Waals surface area contributed by atoms with Crippen molar-refractivity contribution >= 4 is 17.5 Å². The van der Waals surface area contributed by atoms with Gasteiger partial charge in [-0.15, -0.1) is 0 Å². The Morgan fingerprint density at radius 3 is 2.76 bits per heavy atom. The number of rotatable bonds is 4. The van der Waals surface area contributed by atoms with Crippen molar-refractivity contribution in [3.05, 3.63) is 29.3 Å². The number of benzene rings is 1. The SMILES string of the molecule is CCNC(=O)c1ccc(C)c(NC(=O)C2(C)CCNC2)c1. The van der Waals surface area contributed by atoms with Gasteiger partial charge in [0, 0.05) is 24.3 Å². The van der Waals surface area contributed by atoms with Crippen LogP contribution in [0.25, 0.3) is 0 Å². The molecule has 5 nitrogen and oxygen atoms in total. The highest BCUT2D eigenvalue weighted by atomic mass is 16.2. The lowest BCUT2D eigenvalue weighted by atomic mass is 9.88. The molecule has 1 aromatic carbocycles. The van der Waals surface area contributed by atoms with Crippen LogP contribution in [0.4, 0.5) is 5.69 Å². The molecule has 3 N–H and O–H groups in total. The quantitative estimate of drug-likeness (QED) is 0.790. The lowest BCUT2D eigenvalue weighted by Gasteiger charge is -2.22. The Morgan fingerprint density at radius 1 is 1.38 bits per heavy atom. The highest BCUT2D eigenvalue weighted by molar-refractivity contribution is 5.99. The van der Waals surface area contributed by atoms with Gasteiger partial charge in [0.15, 0.2) is 0 Å². The molecule has 21 heavy (non-hydrogen) atoms. The van der Waals surface area contributed by atoms with Crippen LogP contribution in [0.3, 0.4) is 0 Å². The van der Waals surface area contributed by atoms with Gasteiger partial charge < -0.3 is 16.0 Å². The summed E-state index contributed by atoms with van der Waals surface area (Å²) in [5, 5.41) is 8.95. The fraction of sp³-hybridized carbons (Fsp3) is 0.500. The van der Waals surface area contributed by atoms with Crippen molar-refractivity contribution in [3.8, 4) is 0 Å². The van der Waals surface area contributed by atoms with Crippen LogP contribution in [0, 0.1) is 12.3 Å². The van der Waals surface area contributed by atoms with Gasteiger partial charge in [-0.2, -0.15) is 0 Å².